The molecule has 3 nitrogen and oxygen atoms in total. The third-order valence-electron chi connectivity index (χ3n) is 2.28. The van der Waals surface area contributed by atoms with E-state index in [2.05, 4.69) is 27.3 Å². The maximum absolute atomic E-state index is 12.9. The highest BCUT2D eigenvalue weighted by atomic mass is 127. The van der Waals surface area contributed by atoms with E-state index < -0.39 is 15.8 Å². The monoisotopic (exact) mass is 371 g/mol. The van der Waals surface area contributed by atoms with E-state index in [0.717, 1.165) is 23.3 Å². The number of unbranched alkanes of at least 4 members (excludes halogenated alkanes) is 1. The topological polar surface area (TPSA) is 46.2 Å². The number of halogens is 2. The summed E-state index contributed by atoms with van der Waals surface area (Å²) < 4.78 is 40.2. The molecule has 0 fully saturated rings. The molecular formula is C11H15FINO2S. The van der Waals surface area contributed by atoms with E-state index in [-0.39, 0.29) is 4.90 Å². The average molecular weight is 371 g/mol. The Morgan fingerprint density at radius 1 is 1.35 bits per heavy atom. The molecule has 6 heteroatoms. The van der Waals surface area contributed by atoms with Crippen molar-refractivity contribution in [2.75, 3.05) is 11.0 Å². The molecule has 0 radical (unpaired) electrons. The van der Waals surface area contributed by atoms with Crippen LogP contribution < -0.4 is 4.72 Å². The van der Waals surface area contributed by atoms with Gasteiger partial charge in [0.15, 0.2) is 0 Å². The second kappa shape index (κ2) is 6.65. The Labute approximate surface area is 115 Å². The average Bonchev–Trinajstić information content (AvgIpc) is 2.24. The number of nitrogens with one attached hydrogen (secondary N) is 1. The highest BCUT2D eigenvalue weighted by molar-refractivity contribution is 14.1. The van der Waals surface area contributed by atoms with E-state index in [0.29, 0.717) is 12.1 Å². The van der Waals surface area contributed by atoms with Crippen LogP contribution in [0.2, 0.25) is 0 Å². The van der Waals surface area contributed by atoms with Gasteiger partial charge in [0.05, 0.1) is 4.90 Å². The zero-order valence-corrected chi connectivity index (χ0v) is 12.5. The van der Waals surface area contributed by atoms with Crippen LogP contribution in [0.1, 0.15) is 18.4 Å². The van der Waals surface area contributed by atoms with E-state index in [9.17, 15) is 12.8 Å². The molecule has 17 heavy (non-hydrogen) atoms. The molecule has 0 unspecified atom stereocenters. The minimum Gasteiger partial charge on any atom is -0.211 e. The first-order chi connectivity index (χ1) is 7.97. The molecule has 0 aromatic heterocycles. The first kappa shape index (κ1) is 14.8. The molecule has 0 aliphatic heterocycles. The minimum absolute atomic E-state index is 0.147. The van der Waals surface area contributed by atoms with E-state index >= 15 is 0 Å². The molecule has 0 saturated heterocycles. The molecular weight excluding hydrogens is 356 g/mol. The number of rotatable bonds is 6. The van der Waals surface area contributed by atoms with Gasteiger partial charge in [0.1, 0.15) is 5.82 Å². The third-order valence-corrected chi connectivity index (χ3v) is 4.66. The lowest BCUT2D eigenvalue weighted by atomic mass is 10.2. The van der Waals surface area contributed by atoms with Crippen LogP contribution in [-0.4, -0.2) is 19.4 Å². The van der Waals surface area contributed by atoms with Crippen LogP contribution >= 0.6 is 22.6 Å². The lowest BCUT2D eigenvalue weighted by Gasteiger charge is -2.08. The lowest BCUT2D eigenvalue weighted by Crippen LogP contribution is -2.25. The van der Waals surface area contributed by atoms with Crippen molar-refractivity contribution in [2.45, 2.75) is 24.7 Å². The van der Waals surface area contributed by atoms with E-state index in [4.69, 9.17) is 0 Å². The Balaban J connectivity index is 2.76. The van der Waals surface area contributed by atoms with Gasteiger partial charge in [-0.15, -0.1) is 0 Å². The first-order valence-electron chi connectivity index (χ1n) is 5.29. The largest absolute Gasteiger partial charge is 0.240 e. The molecule has 1 aromatic rings. The second-order valence-electron chi connectivity index (χ2n) is 3.70. The molecule has 1 N–H and O–H groups in total. The van der Waals surface area contributed by atoms with Gasteiger partial charge in [-0.05, 0) is 48.0 Å². The van der Waals surface area contributed by atoms with Gasteiger partial charge in [-0.25, -0.2) is 17.5 Å². The van der Waals surface area contributed by atoms with Gasteiger partial charge in [-0.1, -0.05) is 22.6 Å². The number of hydrogen-bond donors (Lipinski definition) is 1. The molecule has 0 aliphatic rings. The summed E-state index contributed by atoms with van der Waals surface area (Å²) in [5, 5.41) is 0. The third kappa shape index (κ3) is 4.51. The van der Waals surface area contributed by atoms with Crippen molar-refractivity contribution in [3.05, 3.63) is 29.6 Å². The molecule has 0 amide bonds. The zero-order chi connectivity index (χ0) is 12.9. The van der Waals surface area contributed by atoms with Gasteiger partial charge in [0.2, 0.25) is 10.0 Å². The second-order valence-corrected chi connectivity index (χ2v) is 6.52. The SMILES string of the molecule is Cc1cc(F)ccc1S(=O)(=O)NCCCCI. The van der Waals surface area contributed by atoms with Crippen LogP contribution in [0.15, 0.2) is 23.1 Å². The van der Waals surface area contributed by atoms with Crippen LogP contribution in [0.4, 0.5) is 4.39 Å². The molecule has 96 valence electrons. The number of aryl methyl sites for hydroxylation is 1. The standard InChI is InChI=1S/C11H15FINO2S/c1-9-8-10(12)4-5-11(9)17(15,16)14-7-3-2-6-13/h4-5,8,14H,2-3,6-7H2,1H3. The fourth-order valence-corrected chi connectivity index (χ4v) is 3.26. The lowest BCUT2D eigenvalue weighted by molar-refractivity contribution is 0.577. The van der Waals surface area contributed by atoms with Gasteiger partial charge in [-0.3, -0.25) is 0 Å². The van der Waals surface area contributed by atoms with Crippen molar-refractivity contribution in [3.63, 3.8) is 0 Å². The minimum atomic E-state index is -3.51. The fourth-order valence-electron chi connectivity index (χ4n) is 1.42. The fraction of sp³-hybridized carbons (Fsp3) is 0.455. The maximum atomic E-state index is 12.9. The van der Waals surface area contributed by atoms with Crippen molar-refractivity contribution in [1.29, 1.82) is 0 Å². The van der Waals surface area contributed by atoms with Crippen LogP contribution in [0.25, 0.3) is 0 Å². The van der Waals surface area contributed by atoms with Crippen LogP contribution in [-0.2, 0) is 10.0 Å². The molecule has 0 aliphatic carbocycles. The Hall–Kier alpha value is -0.210. The number of alkyl halides is 1. The molecule has 0 saturated carbocycles. The first-order valence-corrected chi connectivity index (χ1v) is 8.30. The predicted octanol–water partition coefficient (Wildman–Crippen LogP) is 2.63. The Morgan fingerprint density at radius 2 is 2.06 bits per heavy atom. The van der Waals surface area contributed by atoms with E-state index in [1.165, 1.54) is 12.1 Å². The van der Waals surface area contributed by atoms with Crippen molar-refractivity contribution < 1.29 is 12.8 Å². The summed E-state index contributed by atoms with van der Waals surface area (Å²) in [6.07, 6.45) is 1.79. The summed E-state index contributed by atoms with van der Waals surface area (Å²) in [4.78, 5) is 0.147. The maximum Gasteiger partial charge on any atom is 0.240 e. The zero-order valence-electron chi connectivity index (χ0n) is 9.54. The smallest absolute Gasteiger partial charge is 0.211 e. The van der Waals surface area contributed by atoms with Gasteiger partial charge < -0.3 is 0 Å². The van der Waals surface area contributed by atoms with Gasteiger partial charge in [0.25, 0.3) is 0 Å². The number of sulfonamides is 1. The van der Waals surface area contributed by atoms with Crippen molar-refractivity contribution in [1.82, 2.24) is 4.72 Å². The van der Waals surface area contributed by atoms with Gasteiger partial charge in [-0.2, -0.15) is 0 Å². The molecule has 0 spiro atoms. The van der Waals surface area contributed by atoms with Gasteiger partial charge in [0, 0.05) is 6.54 Å². The summed E-state index contributed by atoms with van der Waals surface area (Å²) in [6.45, 7) is 2.00. The summed E-state index contributed by atoms with van der Waals surface area (Å²) in [7, 11) is -3.51. The Kier molecular flexibility index (Phi) is 5.81. The van der Waals surface area contributed by atoms with Crippen LogP contribution in [0, 0.1) is 12.7 Å². The quantitative estimate of drug-likeness (QED) is 0.475. The Morgan fingerprint density at radius 3 is 2.65 bits per heavy atom. The summed E-state index contributed by atoms with van der Waals surface area (Å²) in [5.74, 6) is -0.425. The van der Waals surface area contributed by atoms with Crippen molar-refractivity contribution in [2.24, 2.45) is 0 Å². The number of hydrogen-bond acceptors (Lipinski definition) is 2. The summed E-state index contributed by atoms with van der Waals surface area (Å²) in [5.41, 5.74) is 0.423. The van der Waals surface area contributed by atoms with Crippen molar-refractivity contribution >= 4 is 32.6 Å². The summed E-state index contributed by atoms with van der Waals surface area (Å²) in [6, 6.07) is 3.68. The van der Waals surface area contributed by atoms with Gasteiger partial charge >= 0.3 is 0 Å². The molecule has 0 heterocycles. The highest BCUT2D eigenvalue weighted by Crippen LogP contribution is 2.15. The normalized spacial score (nSPS) is 11.7. The number of benzene rings is 1. The van der Waals surface area contributed by atoms with Crippen LogP contribution in [0.5, 0.6) is 0 Å². The van der Waals surface area contributed by atoms with Crippen molar-refractivity contribution in [3.8, 4) is 0 Å². The predicted molar refractivity (Wildman–Crippen MR) is 74.4 cm³/mol. The van der Waals surface area contributed by atoms with E-state index in [1.54, 1.807) is 6.92 Å². The molecule has 0 bridgehead atoms. The highest BCUT2D eigenvalue weighted by Gasteiger charge is 2.16. The molecule has 1 rings (SSSR count). The Bertz CT molecular complexity index is 476. The van der Waals surface area contributed by atoms with E-state index in [1.807, 2.05) is 0 Å². The van der Waals surface area contributed by atoms with Crippen LogP contribution in [0.3, 0.4) is 0 Å². The molecule has 1 aromatic carbocycles. The molecule has 0 atom stereocenters. The summed E-state index contributed by atoms with van der Waals surface area (Å²) >= 11 is 2.25.